The molecule has 1 aliphatic rings. The zero-order chi connectivity index (χ0) is 6.85. The summed E-state index contributed by atoms with van der Waals surface area (Å²) in [5, 5.41) is 0. The van der Waals surface area contributed by atoms with Crippen molar-refractivity contribution < 1.29 is 4.32 Å². The molecule has 2 heteroatoms. The zero-order valence-electron chi connectivity index (χ0n) is 5.76. The molecular formula is C7H10BF. The summed E-state index contributed by atoms with van der Waals surface area (Å²) in [4.78, 5) is 0. The first-order chi connectivity index (χ1) is 4.20. The van der Waals surface area contributed by atoms with Gasteiger partial charge in [-0.1, -0.05) is 30.5 Å². The Bertz CT molecular complexity index is 160. The van der Waals surface area contributed by atoms with Crippen LogP contribution in [0.5, 0.6) is 0 Å². The van der Waals surface area contributed by atoms with E-state index in [-0.39, 0.29) is 0 Å². The summed E-state index contributed by atoms with van der Waals surface area (Å²) in [7, 11) is 0. The predicted octanol–water partition coefficient (Wildman–Crippen LogP) is 2.18. The Kier molecular flexibility index (Phi) is 1.74. The van der Waals surface area contributed by atoms with E-state index in [0.29, 0.717) is 5.92 Å². The highest BCUT2D eigenvalue weighted by Gasteiger charge is 2.15. The average Bonchev–Trinajstić information content (AvgIpc) is 1.80. The van der Waals surface area contributed by atoms with Gasteiger partial charge in [-0.25, -0.2) is 0 Å². The van der Waals surface area contributed by atoms with E-state index in [4.69, 9.17) is 0 Å². The van der Waals surface area contributed by atoms with Crippen LogP contribution in [-0.2, 0) is 0 Å². The van der Waals surface area contributed by atoms with E-state index in [1.54, 1.807) is 5.98 Å². The SMILES string of the molecule is CC1=CC(C)C=CB1F. The van der Waals surface area contributed by atoms with E-state index >= 15 is 0 Å². The van der Waals surface area contributed by atoms with E-state index < -0.39 is 6.99 Å². The summed E-state index contributed by atoms with van der Waals surface area (Å²) >= 11 is 0. The number of hydrogen-bond donors (Lipinski definition) is 0. The van der Waals surface area contributed by atoms with Crippen molar-refractivity contribution >= 4 is 6.99 Å². The van der Waals surface area contributed by atoms with Crippen LogP contribution in [0.25, 0.3) is 0 Å². The smallest absolute Gasteiger partial charge is 0.323 e. The van der Waals surface area contributed by atoms with E-state index in [0.717, 1.165) is 5.47 Å². The maximum atomic E-state index is 12.6. The number of rotatable bonds is 0. The molecule has 0 saturated carbocycles. The second kappa shape index (κ2) is 2.38. The van der Waals surface area contributed by atoms with Gasteiger partial charge in [0.05, 0.1) is 0 Å². The third kappa shape index (κ3) is 1.44. The highest BCUT2D eigenvalue weighted by Crippen LogP contribution is 2.14. The molecule has 1 rings (SSSR count). The largest absolute Gasteiger partial charge is 0.401 e. The second-order valence-corrected chi connectivity index (χ2v) is 2.56. The Morgan fingerprint density at radius 3 is 2.78 bits per heavy atom. The van der Waals surface area contributed by atoms with E-state index in [1.165, 1.54) is 0 Å². The van der Waals surface area contributed by atoms with E-state index in [2.05, 4.69) is 0 Å². The molecule has 0 aromatic rings. The van der Waals surface area contributed by atoms with Gasteiger partial charge in [0.25, 0.3) is 0 Å². The fourth-order valence-corrected chi connectivity index (χ4v) is 0.987. The predicted molar refractivity (Wildman–Crippen MR) is 38.9 cm³/mol. The third-order valence-corrected chi connectivity index (χ3v) is 1.54. The topological polar surface area (TPSA) is 0 Å². The van der Waals surface area contributed by atoms with Crippen molar-refractivity contribution in [2.75, 3.05) is 0 Å². The number of allylic oxidation sites excluding steroid dienone is 3. The summed E-state index contributed by atoms with van der Waals surface area (Å²) in [6.45, 7) is 3.04. The molecule has 0 radical (unpaired) electrons. The molecule has 1 heterocycles. The van der Waals surface area contributed by atoms with Crippen LogP contribution in [0.3, 0.4) is 0 Å². The Morgan fingerprint density at radius 1 is 1.67 bits per heavy atom. The van der Waals surface area contributed by atoms with Gasteiger partial charge in [0, 0.05) is 0 Å². The molecule has 0 fully saturated rings. The van der Waals surface area contributed by atoms with E-state index in [1.807, 2.05) is 26.0 Å². The highest BCUT2D eigenvalue weighted by molar-refractivity contribution is 6.65. The molecule has 0 aromatic carbocycles. The summed E-state index contributed by atoms with van der Waals surface area (Å²) in [6.07, 6.45) is 3.84. The molecular weight excluding hydrogens is 114 g/mol. The maximum Gasteiger partial charge on any atom is 0.401 e. The van der Waals surface area contributed by atoms with Crippen LogP contribution >= 0.6 is 0 Å². The standard InChI is InChI=1S/C7H10BF/c1-6-3-4-8(9)7(2)5-6/h3-6H,1-2H3. The molecule has 1 unspecified atom stereocenters. The lowest BCUT2D eigenvalue weighted by molar-refractivity contribution is 0.836. The number of halogens is 1. The summed E-state index contributed by atoms with van der Waals surface area (Å²) in [5.41, 5.74) is 0.838. The van der Waals surface area contributed by atoms with Crippen LogP contribution in [-0.4, -0.2) is 6.99 Å². The average molecular weight is 124 g/mol. The lowest BCUT2D eigenvalue weighted by Crippen LogP contribution is -2.09. The molecule has 0 saturated heterocycles. The van der Waals surface area contributed by atoms with Crippen molar-refractivity contribution in [1.82, 2.24) is 0 Å². The van der Waals surface area contributed by atoms with Gasteiger partial charge >= 0.3 is 6.99 Å². The molecule has 0 spiro atoms. The molecule has 0 bridgehead atoms. The minimum atomic E-state index is -0.832. The fraction of sp³-hybridized carbons (Fsp3) is 0.429. The second-order valence-electron chi connectivity index (χ2n) is 2.56. The Hall–Kier alpha value is -0.525. The number of hydrogen-bond acceptors (Lipinski definition) is 0. The van der Waals surface area contributed by atoms with Crippen LogP contribution in [0.1, 0.15) is 13.8 Å². The molecule has 0 N–H and O–H groups in total. The molecule has 9 heavy (non-hydrogen) atoms. The first kappa shape index (κ1) is 6.59. The molecule has 0 amide bonds. The van der Waals surface area contributed by atoms with Crippen molar-refractivity contribution in [3.8, 4) is 0 Å². The van der Waals surface area contributed by atoms with Crippen LogP contribution < -0.4 is 0 Å². The Balaban J connectivity index is 2.70. The van der Waals surface area contributed by atoms with Crippen molar-refractivity contribution in [3.63, 3.8) is 0 Å². The van der Waals surface area contributed by atoms with Gasteiger partial charge in [-0.05, 0) is 12.8 Å². The van der Waals surface area contributed by atoms with Crippen molar-refractivity contribution in [2.45, 2.75) is 13.8 Å². The maximum absolute atomic E-state index is 12.6. The van der Waals surface area contributed by atoms with Gasteiger partial charge in [0.1, 0.15) is 0 Å². The zero-order valence-corrected chi connectivity index (χ0v) is 5.76. The monoisotopic (exact) mass is 124 g/mol. The van der Waals surface area contributed by atoms with Crippen molar-refractivity contribution in [3.05, 3.63) is 23.6 Å². The minimum Gasteiger partial charge on any atom is -0.323 e. The first-order valence-corrected chi connectivity index (χ1v) is 3.21. The lowest BCUT2D eigenvalue weighted by Gasteiger charge is -2.08. The lowest BCUT2D eigenvalue weighted by atomic mass is 9.61. The summed E-state index contributed by atoms with van der Waals surface area (Å²) < 4.78 is 12.6. The van der Waals surface area contributed by atoms with Gasteiger partial charge in [-0.2, -0.15) is 0 Å². The van der Waals surface area contributed by atoms with Gasteiger partial charge in [0.2, 0.25) is 0 Å². The first-order valence-electron chi connectivity index (χ1n) is 3.21. The normalized spacial score (nSPS) is 26.3. The van der Waals surface area contributed by atoms with Crippen molar-refractivity contribution in [1.29, 1.82) is 0 Å². The highest BCUT2D eigenvalue weighted by atomic mass is 19.1. The van der Waals surface area contributed by atoms with Gasteiger partial charge in [0.15, 0.2) is 0 Å². The van der Waals surface area contributed by atoms with Gasteiger partial charge in [-0.3, -0.25) is 0 Å². The molecule has 48 valence electrons. The quantitative estimate of drug-likeness (QED) is 0.434. The summed E-state index contributed by atoms with van der Waals surface area (Å²) in [5.74, 6) is 2.02. The molecule has 0 aromatic heterocycles. The van der Waals surface area contributed by atoms with Crippen LogP contribution in [0.15, 0.2) is 23.6 Å². The molecule has 0 nitrogen and oxygen atoms in total. The van der Waals surface area contributed by atoms with Crippen LogP contribution in [0, 0.1) is 5.92 Å². The van der Waals surface area contributed by atoms with E-state index in [9.17, 15) is 4.32 Å². The molecule has 0 aliphatic carbocycles. The third-order valence-electron chi connectivity index (χ3n) is 1.54. The van der Waals surface area contributed by atoms with Crippen LogP contribution in [0.2, 0.25) is 0 Å². The molecule has 1 atom stereocenters. The van der Waals surface area contributed by atoms with Gasteiger partial charge < -0.3 is 4.32 Å². The van der Waals surface area contributed by atoms with Crippen LogP contribution in [0.4, 0.5) is 4.32 Å². The minimum absolute atomic E-state index is 0.414. The van der Waals surface area contributed by atoms with Gasteiger partial charge in [-0.15, -0.1) is 0 Å². The Labute approximate surface area is 55.6 Å². The fourth-order valence-electron chi connectivity index (χ4n) is 0.987. The molecule has 1 aliphatic heterocycles. The Morgan fingerprint density at radius 2 is 2.33 bits per heavy atom. The summed E-state index contributed by atoms with van der Waals surface area (Å²) in [6, 6.07) is 0. The van der Waals surface area contributed by atoms with Crippen molar-refractivity contribution in [2.24, 2.45) is 5.92 Å².